The Labute approximate surface area is 113 Å². The molecule has 0 N–H and O–H groups in total. The second-order valence-corrected chi connectivity index (χ2v) is 3.97. The van der Waals surface area contributed by atoms with Crippen LogP contribution in [0, 0.1) is 20.2 Å². The number of carbonyl (C=O) groups is 2. The van der Waals surface area contributed by atoms with Crippen molar-refractivity contribution in [2.75, 3.05) is 0 Å². The second-order valence-electron chi connectivity index (χ2n) is 3.97. The Kier molecular flexibility index (Phi) is 4.42. The predicted octanol–water partition coefficient (Wildman–Crippen LogP) is 2.06. The number of Topliss-reactive ketones (excluding diaryl/α,β-unsaturated/α-hetero) is 2. The predicted molar refractivity (Wildman–Crippen MR) is 69.1 cm³/mol. The average molecular weight is 278 g/mol. The van der Waals surface area contributed by atoms with Gasteiger partial charge in [-0.05, 0) is 25.5 Å². The van der Waals surface area contributed by atoms with Crippen molar-refractivity contribution in [3.8, 4) is 0 Å². The van der Waals surface area contributed by atoms with Crippen molar-refractivity contribution in [3.63, 3.8) is 0 Å². The summed E-state index contributed by atoms with van der Waals surface area (Å²) in [6.07, 6.45) is 1.10. The van der Waals surface area contributed by atoms with E-state index in [4.69, 9.17) is 0 Å². The van der Waals surface area contributed by atoms with Crippen LogP contribution in [0.4, 0.5) is 11.4 Å². The zero-order valence-corrected chi connectivity index (χ0v) is 10.7. The highest BCUT2D eigenvalue weighted by molar-refractivity contribution is 6.21. The van der Waals surface area contributed by atoms with Gasteiger partial charge in [-0.15, -0.1) is 0 Å². The van der Waals surface area contributed by atoms with Gasteiger partial charge in [0.15, 0.2) is 11.6 Å². The van der Waals surface area contributed by atoms with Gasteiger partial charge in [-0.3, -0.25) is 29.8 Å². The highest BCUT2D eigenvalue weighted by Crippen LogP contribution is 2.24. The molecule has 8 nitrogen and oxygen atoms in total. The van der Waals surface area contributed by atoms with Crippen molar-refractivity contribution in [1.82, 2.24) is 0 Å². The van der Waals surface area contributed by atoms with E-state index in [-0.39, 0.29) is 11.1 Å². The lowest BCUT2D eigenvalue weighted by Gasteiger charge is -2.00. The molecule has 1 aromatic carbocycles. The highest BCUT2D eigenvalue weighted by atomic mass is 16.6. The molecular weight excluding hydrogens is 268 g/mol. The lowest BCUT2D eigenvalue weighted by atomic mass is 10.0. The first kappa shape index (κ1) is 15.2. The normalized spacial score (nSPS) is 9.70. The van der Waals surface area contributed by atoms with Gasteiger partial charge in [-0.25, -0.2) is 0 Å². The van der Waals surface area contributed by atoms with Crippen LogP contribution in [0.1, 0.15) is 19.4 Å². The van der Waals surface area contributed by atoms with E-state index in [2.05, 4.69) is 0 Å². The molecule has 0 aliphatic carbocycles. The van der Waals surface area contributed by atoms with Crippen molar-refractivity contribution < 1.29 is 19.4 Å². The Bertz CT molecular complexity index is 599. The maximum Gasteiger partial charge on any atom is 0.276 e. The smallest absolute Gasteiger partial charge is 0.276 e. The molecule has 0 amide bonds. The fraction of sp³-hybridized carbons (Fsp3) is 0.167. The van der Waals surface area contributed by atoms with Gasteiger partial charge in [0.25, 0.3) is 11.4 Å². The summed E-state index contributed by atoms with van der Waals surface area (Å²) >= 11 is 0. The lowest BCUT2D eigenvalue weighted by molar-refractivity contribution is -0.394. The van der Waals surface area contributed by atoms with E-state index in [1.807, 2.05) is 0 Å². The quantitative estimate of drug-likeness (QED) is 0.267. The molecule has 0 aliphatic rings. The topological polar surface area (TPSA) is 120 Å². The maximum absolute atomic E-state index is 11.3. The van der Waals surface area contributed by atoms with Crippen LogP contribution in [0.2, 0.25) is 0 Å². The summed E-state index contributed by atoms with van der Waals surface area (Å²) in [7, 11) is 0. The molecular formula is C12H10N2O6. The minimum Gasteiger partial charge on any atom is -0.294 e. The second kappa shape index (κ2) is 5.83. The molecule has 0 aromatic heterocycles. The van der Waals surface area contributed by atoms with Crippen LogP contribution in [0.5, 0.6) is 0 Å². The number of allylic oxidation sites excluding steroid dienone is 1. The molecule has 20 heavy (non-hydrogen) atoms. The average Bonchev–Trinajstić information content (AvgIpc) is 2.34. The summed E-state index contributed by atoms with van der Waals surface area (Å²) in [5.74, 6) is -1.04. The first-order chi connectivity index (χ1) is 9.22. The fourth-order valence-electron chi connectivity index (χ4n) is 1.53. The van der Waals surface area contributed by atoms with E-state index in [0.717, 1.165) is 24.3 Å². The minimum absolute atomic E-state index is 0.0475. The van der Waals surface area contributed by atoms with E-state index >= 15 is 0 Å². The summed E-state index contributed by atoms with van der Waals surface area (Å²) in [6, 6.07) is 2.91. The summed E-state index contributed by atoms with van der Waals surface area (Å²) < 4.78 is 0. The van der Waals surface area contributed by atoms with Crippen molar-refractivity contribution in [1.29, 1.82) is 0 Å². The third kappa shape index (κ3) is 3.55. The first-order valence-electron chi connectivity index (χ1n) is 5.40. The molecule has 1 aromatic rings. The van der Waals surface area contributed by atoms with Gasteiger partial charge in [0.2, 0.25) is 0 Å². The first-order valence-corrected chi connectivity index (χ1v) is 5.40. The Balaban J connectivity index is 3.48. The van der Waals surface area contributed by atoms with Crippen LogP contribution in [0.25, 0.3) is 6.08 Å². The molecule has 8 heteroatoms. The molecule has 0 aliphatic heterocycles. The van der Waals surface area contributed by atoms with Gasteiger partial charge in [0, 0.05) is 12.1 Å². The number of hydrogen-bond acceptors (Lipinski definition) is 6. The van der Waals surface area contributed by atoms with Gasteiger partial charge in [-0.2, -0.15) is 0 Å². The fourth-order valence-corrected chi connectivity index (χ4v) is 1.53. The Hall–Kier alpha value is -2.90. The molecule has 0 unspecified atom stereocenters. The molecule has 0 spiro atoms. The largest absolute Gasteiger partial charge is 0.294 e. The Morgan fingerprint density at radius 2 is 1.35 bits per heavy atom. The number of nitro benzene ring substituents is 2. The maximum atomic E-state index is 11.3. The van der Waals surface area contributed by atoms with Gasteiger partial charge >= 0.3 is 0 Å². The van der Waals surface area contributed by atoms with Gasteiger partial charge in [-0.1, -0.05) is 0 Å². The molecule has 0 saturated heterocycles. The molecule has 0 heterocycles. The number of benzene rings is 1. The van der Waals surface area contributed by atoms with E-state index in [9.17, 15) is 29.8 Å². The number of rotatable bonds is 5. The summed E-state index contributed by atoms with van der Waals surface area (Å²) in [5, 5.41) is 21.4. The standard InChI is InChI=1S/C12H10N2O6/c1-7(15)12(8(2)16)5-9-3-10(13(17)18)6-11(4-9)14(19)20/h3-6H,1-2H3. The molecule has 0 saturated carbocycles. The zero-order valence-electron chi connectivity index (χ0n) is 10.7. The summed E-state index contributed by atoms with van der Waals surface area (Å²) in [6.45, 7) is 2.33. The molecule has 104 valence electrons. The van der Waals surface area contributed by atoms with Crippen LogP contribution >= 0.6 is 0 Å². The van der Waals surface area contributed by atoms with Crippen LogP contribution in [0.3, 0.4) is 0 Å². The Morgan fingerprint density at radius 3 is 1.65 bits per heavy atom. The third-order valence-corrected chi connectivity index (χ3v) is 2.42. The third-order valence-electron chi connectivity index (χ3n) is 2.42. The van der Waals surface area contributed by atoms with Crippen molar-refractivity contribution in [2.24, 2.45) is 0 Å². The number of non-ortho nitro benzene ring substituents is 2. The van der Waals surface area contributed by atoms with Crippen molar-refractivity contribution in [2.45, 2.75) is 13.8 Å². The Morgan fingerprint density at radius 1 is 0.950 bits per heavy atom. The number of nitrogens with zero attached hydrogens (tertiary/aromatic N) is 2. The zero-order chi connectivity index (χ0) is 15.4. The number of nitro groups is 2. The molecule has 0 bridgehead atoms. The number of carbonyl (C=O) groups excluding carboxylic acids is 2. The summed E-state index contributed by atoms with van der Waals surface area (Å²) in [4.78, 5) is 42.4. The molecule has 0 fully saturated rings. The van der Waals surface area contributed by atoms with Crippen LogP contribution < -0.4 is 0 Å². The van der Waals surface area contributed by atoms with Gasteiger partial charge in [0.1, 0.15) is 0 Å². The number of ketones is 2. The van der Waals surface area contributed by atoms with Gasteiger partial charge in [0.05, 0.1) is 21.5 Å². The SMILES string of the molecule is CC(=O)C(=Cc1cc([N+](=O)[O-])cc([N+](=O)[O-])c1)C(C)=O. The van der Waals surface area contributed by atoms with E-state index in [1.54, 1.807) is 0 Å². The van der Waals surface area contributed by atoms with Crippen LogP contribution in [-0.4, -0.2) is 21.4 Å². The molecule has 1 rings (SSSR count). The monoisotopic (exact) mass is 278 g/mol. The summed E-state index contributed by atoms with van der Waals surface area (Å²) in [5.41, 5.74) is -1.11. The van der Waals surface area contributed by atoms with E-state index in [0.29, 0.717) is 0 Å². The molecule has 0 atom stereocenters. The number of hydrogen-bond donors (Lipinski definition) is 0. The van der Waals surface area contributed by atoms with Gasteiger partial charge < -0.3 is 0 Å². The lowest BCUT2D eigenvalue weighted by Crippen LogP contribution is -2.05. The van der Waals surface area contributed by atoms with Crippen LogP contribution in [0.15, 0.2) is 23.8 Å². The van der Waals surface area contributed by atoms with E-state index in [1.165, 1.54) is 13.8 Å². The van der Waals surface area contributed by atoms with Crippen molar-refractivity contribution in [3.05, 3.63) is 49.6 Å². The molecule has 0 radical (unpaired) electrons. The van der Waals surface area contributed by atoms with E-state index < -0.39 is 32.8 Å². The minimum atomic E-state index is -0.786. The van der Waals surface area contributed by atoms with Crippen LogP contribution in [-0.2, 0) is 9.59 Å². The van der Waals surface area contributed by atoms with Crippen molar-refractivity contribution >= 4 is 29.0 Å². The highest BCUT2D eigenvalue weighted by Gasteiger charge is 2.17.